The fourth-order valence-electron chi connectivity index (χ4n) is 5.61. The van der Waals surface area contributed by atoms with Crippen molar-refractivity contribution in [1.82, 2.24) is 15.5 Å². The van der Waals surface area contributed by atoms with Crippen LogP contribution in [0.25, 0.3) is 0 Å². The highest BCUT2D eigenvalue weighted by molar-refractivity contribution is 5.90. The van der Waals surface area contributed by atoms with E-state index in [0.717, 1.165) is 50.9 Å². The molecule has 2 N–H and O–H groups in total. The number of ether oxygens (including phenoxy) is 1. The Kier molecular flexibility index (Phi) is 8.60. The Labute approximate surface area is 208 Å². The monoisotopic (exact) mass is 485 g/mol. The molecule has 2 amide bonds. The molecule has 2 saturated heterocycles. The van der Waals surface area contributed by atoms with E-state index < -0.39 is 11.5 Å². The Morgan fingerprint density at radius 2 is 1.86 bits per heavy atom. The maximum atomic E-state index is 13.7. The van der Waals surface area contributed by atoms with Gasteiger partial charge in [0.25, 0.3) is 0 Å². The third-order valence-corrected chi connectivity index (χ3v) is 7.86. The van der Waals surface area contributed by atoms with Crippen molar-refractivity contribution >= 4 is 11.8 Å². The van der Waals surface area contributed by atoms with E-state index in [9.17, 15) is 14.0 Å². The van der Waals surface area contributed by atoms with E-state index in [-0.39, 0.29) is 35.5 Å². The van der Waals surface area contributed by atoms with Crippen LogP contribution in [-0.4, -0.2) is 55.1 Å². The largest absolute Gasteiger partial charge is 0.381 e. The van der Waals surface area contributed by atoms with Crippen molar-refractivity contribution in [2.75, 3.05) is 26.3 Å². The van der Waals surface area contributed by atoms with Crippen LogP contribution in [0.5, 0.6) is 0 Å². The van der Waals surface area contributed by atoms with E-state index in [1.54, 1.807) is 0 Å². The number of hydrogen-bond acceptors (Lipinski definition) is 4. The zero-order valence-electron chi connectivity index (χ0n) is 21.1. The number of benzene rings is 1. The lowest BCUT2D eigenvalue weighted by Gasteiger charge is -2.41. The molecule has 3 atom stereocenters. The van der Waals surface area contributed by atoms with Gasteiger partial charge in [-0.2, -0.15) is 0 Å². The first-order valence-corrected chi connectivity index (χ1v) is 13.2. The quantitative estimate of drug-likeness (QED) is 0.637. The second kappa shape index (κ2) is 11.7. The molecular formula is C28H40FN3O3. The van der Waals surface area contributed by atoms with Crippen LogP contribution >= 0.6 is 0 Å². The zero-order valence-corrected chi connectivity index (χ0v) is 21.1. The van der Waals surface area contributed by atoms with Crippen molar-refractivity contribution in [2.24, 2.45) is 17.3 Å². The number of likely N-dealkylation sites (tertiary alicyclic amines) is 1. The molecule has 7 heteroatoms. The Morgan fingerprint density at radius 1 is 1.11 bits per heavy atom. The Bertz CT molecular complexity index is 893. The molecule has 192 valence electrons. The van der Waals surface area contributed by atoms with E-state index >= 15 is 0 Å². The number of carbonyl (C=O) groups is 2. The van der Waals surface area contributed by atoms with Gasteiger partial charge in [0.2, 0.25) is 11.8 Å². The summed E-state index contributed by atoms with van der Waals surface area (Å²) in [6.07, 6.45) is 8.75. The highest BCUT2D eigenvalue weighted by Gasteiger charge is 2.42. The third kappa shape index (κ3) is 6.70. The predicted molar refractivity (Wildman–Crippen MR) is 134 cm³/mol. The number of nitrogens with one attached hydrogen (secondary N) is 2. The topological polar surface area (TPSA) is 70.7 Å². The van der Waals surface area contributed by atoms with E-state index in [1.807, 2.05) is 12.1 Å². The van der Waals surface area contributed by atoms with Crippen LogP contribution in [0.2, 0.25) is 0 Å². The number of halogens is 1. The molecule has 3 aliphatic heterocycles. The van der Waals surface area contributed by atoms with Gasteiger partial charge < -0.3 is 15.4 Å². The van der Waals surface area contributed by atoms with E-state index in [1.165, 1.54) is 12.1 Å². The Balaban J connectivity index is 1.49. The first-order chi connectivity index (χ1) is 16.8. The maximum Gasteiger partial charge on any atom is 0.242 e. The lowest BCUT2D eigenvalue weighted by atomic mass is 9.74. The highest BCUT2D eigenvalue weighted by Crippen LogP contribution is 2.37. The van der Waals surface area contributed by atoms with Gasteiger partial charge in [-0.3, -0.25) is 14.5 Å². The molecule has 3 heterocycles. The van der Waals surface area contributed by atoms with Gasteiger partial charge in [0.05, 0.1) is 12.0 Å². The molecule has 0 saturated carbocycles. The molecule has 1 aromatic carbocycles. The fraction of sp³-hybridized carbons (Fsp3) is 0.643. The van der Waals surface area contributed by atoms with Gasteiger partial charge in [-0.25, -0.2) is 4.39 Å². The second-order valence-corrected chi connectivity index (χ2v) is 11.0. The average Bonchev–Trinajstić information content (AvgIpc) is 2.84. The molecule has 4 rings (SSSR count). The zero-order chi connectivity index (χ0) is 24.8. The summed E-state index contributed by atoms with van der Waals surface area (Å²) in [6.45, 7) is 7.80. The second-order valence-electron chi connectivity index (χ2n) is 11.0. The van der Waals surface area contributed by atoms with Gasteiger partial charge in [0, 0.05) is 25.1 Å². The van der Waals surface area contributed by atoms with Crippen molar-refractivity contribution in [2.45, 2.75) is 71.0 Å². The van der Waals surface area contributed by atoms with Crippen LogP contribution in [-0.2, 0) is 20.9 Å². The standard InChI is InChI=1S/C28H40FN3O3/c1-20(2)17-25-26(33)30-24-10-16-35-19-22(24)5-3-4-11-28(27(34)31-25)12-14-32(15-13-28)18-21-6-8-23(29)9-7-21/h3-4,6-9,20,22,24-25H,5,10-19H2,1-2H3,(H,30,33)(H,31,34)/b4-3+/t22-,24+,25+/m0/s1. The number of nitrogens with zero attached hydrogens (tertiary/aromatic N) is 1. The molecule has 6 nitrogen and oxygen atoms in total. The molecule has 3 aliphatic rings. The number of allylic oxidation sites excluding steroid dienone is 2. The van der Waals surface area contributed by atoms with E-state index in [4.69, 9.17) is 4.74 Å². The molecule has 2 fully saturated rings. The highest BCUT2D eigenvalue weighted by atomic mass is 19.1. The van der Waals surface area contributed by atoms with Crippen molar-refractivity contribution in [3.8, 4) is 0 Å². The van der Waals surface area contributed by atoms with E-state index in [0.29, 0.717) is 26.1 Å². The molecule has 0 unspecified atom stereocenters. The number of rotatable bonds is 4. The first-order valence-electron chi connectivity index (χ1n) is 13.2. The van der Waals surface area contributed by atoms with E-state index in [2.05, 4.69) is 41.5 Å². The number of amides is 2. The van der Waals surface area contributed by atoms with Crippen LogP contribution in [0.1, 0.15) is 57.9 Å². The molecular weight excluding hydrogens is 445 g/mol. The summed E-state index contributed by atoms with van der Waals surface area (Å²) in [6, 6.07) is 6.19. The lowest BCUT2D eigenvalue weighted by molar-refractivity contribution is -0.138. The normalized spacial score (nSPS) is 29.0. The van der Waals surface area contributed by atoms with Gasteiger partial charge >= 0.3 is 0 Å². The van der Waals surface area contributed by atoms with Gasteiger partial charge in [-0.1, -0.05) is 38.1 Å². The first kappa shape index (κ1) is 25.8. The Morgan fingerprint density at radius 3 is 2.57 bits per heavy atom. The summed E-state index contributed by atoms with van der Waals surface area (Å²) >= 11 is 0. The van der Waals surface area contributed by atoms with Crippen molar-refractivity contribution in [3.05, 3.63) is 47.8 Å². The fourth-order valence-corrected chi connectivity index (χ4v) is 5.61. The van der Waals surface area contributed by atoms with Gasteiger partial charge in [0.1, 0.15) is 11.9 Å². The summed E-state index contributed by atoms with van der Waals surface area (Å²) in [5, 5.41) is 6.41. The smallest absolute Gasteiger partial charge is 0.242 e. The summed E-state index contributed by atoms with van der Waals surface area (Å²) in [5.74, 6) is 0.241. The third-order valence-electron chi connectivity index (χ3n) is 7.86. The van der Waals surface area contributed by atoms with Crippen molar-refractivity contribution < 1.29 is 18.7 Å². The molecule has 35 heavy (non-hydrogen) atoms. The van der Waals surface area contributed by atoms with Crippen molar-refractivity contribution in [3.63, 3.8) is 0 Å². The average molecular weight is 486 g/mol. The Hall–Kier alpha value is -2.25. The number of carbonyl (C=O) groups excluding carboxylic acids is 2. The molecule has 1 aromatic rings. The van der Waals surface area contributed by atoms with Crippen LogP contribution in [0.4, 0.5) is 4.39 Å². The van der Waals surface area contributed by atoms with Crippen molar-refractivity contribution in [1.29, 1.82) is 0 Å². The lowest BCUT2D eigenvalue weighted by Crippen LogP contribution is -2.57. The number of piperidine rings is 1. The van der Waals surface area contributed by atoms with Gasteiger partial charge in [-0.05, 0) is 75.2 Å². The predicted octanol–water partition coefficient (Wildman–Crippen LogP) is 3.81. The summed E-state index contributed by atoms with van der Waals surface area (Å²) in [7, 11) is 0. The van der Waals surface area contributed by atoms with Crippen LogP contribution in [0.3, 0.4) is 0 Å². The summed E-state index contributed by atoms with van der Waals surface area (Å²) in [4.78, 5) is 29.3. The molecule has 0 radical (unpaired) electrons. The minimum absolute atomic E-state index is 0.00603. The van der Waals surface area contributed by atoms with Crippen LogP contribution < -0.4 is 10.6 Å². The number of fused-ring (bicyclic) bond motifs is 1. The minimum Gasteiger partial charge on any atom is -0.381 e. The van der Waals surface area contributed by atoms with Gasteiger partial charge in [-0.15, -0.1) is 0 Å². The van der Waals surface area contributed by atoms with Crippen LogP contribution in [0, 0.1) is 23.1 Å². The van der Waals surface area contributed by atoms with Crippen LogP contribution in [0.15, 0.2) is 36.4 Å². The number of hydrogen-bond donors (Lipinski definition) is 2. The summed E-state index contributed by atoms with van der Waals surface area (Å²) in [5.41, 5.74) is 0.552. The molecule has 0 bridgehead atoms. The maximum absolute atomic E-state index is 13.7. The molecule has 0 aromatic heterocycles. The molecule has 1 spiro atoms. The minimum atomic E-state index is -0.525. The summed E-state index contributed by atoms with van der Waals surface area (Å²) < 4.78 is 19.0. The van der Waals surface area contributed by atoms with Gasteiger partial charge in [0.15, 0.2) is 0 Å². The SMILES string of the molecule is CC(C)C[C@H]1NC(=O)C2(C/C=C/C[C@H]3COCC[C@H]3NC1=O)CCN(Cc1ccc(F)cc1)CC2. The molecule has 0 aliphatic carbocycles.